The van der Waals surface area contributed by atoms with Crippen molar-refractivity contribution in [1.29, 1.82) is 0 Å². The third kappa shape index (κ3) is 2.46. The molecule has 4 heteroatoms. The molecule has 1 aliphatic carbocycles. The lowest BCUT2D eigenvalue weighted by Crippen LogP contribution is -2.28. The van der Waals surface area contributed by atoms with Gasteiger partial charge in [0.1, 0.15) is 5.82 Å². The Kier molecular flexibility index (Phi) is 3.54. The van der Waals surface area contributed by atoms with Gasteiger partial charge in [-0.3, -0.25) is 9.89 Å². The summed E-state index contributed by atoms with van der Waals surface area (Å²) in [6.45, 7) is 2.05. The van der Waals surface area contributed by atoms with E-state index in [4.69, 9.17) is 0 Å². The Bertz CT molecular complexity index is 618. The molecule has 1 amide bonds. The molecule has 2 aromatic rings. The van der Waals surface area contributed by atoms with Crippen LogP contribution < -0.4 is 5.32 Å². The number of aromatic nitrogens is 2. The Hall–Kier alpha value is -2.10. The van der Waals surface area contributed by atoms with Crippen molar-refractivity contribution in [3.63, 3.8) is 0 Å². The summed E-state index contributed by atoms with van der Waals surface area (Å²) in [6, 6.07) is 8.40. The highest BCUT2D eigenvalue weighted by atomic mass is 16.1. The maximum atomic E-state index is 12.4. The van der Waals surface area contributed by atoms with Crippen LogP contribution in [0.4, 0.5) is 5.82 Å². The molecule has 0 aliphatic heterocycles. The number of rotatable bonds is 3. The molecule has 2 N–H and O–H groups in total. The fourth-order valence-electron chi connectivity index (χ4n) is 2.83. The van der Waals surface area contributed by atoms with E-state index in [1.165, 1.54) is 11.1 Å². The van der Waals surface area contributed by atoms with Crippen molar-refractivity contribution in [2.24, 2.45) is 5.92 Å². The highest BCUT2D eigenvalue weighted by Crippen LogP contribution is 2.26. The molecule has 4 nitrogen and oxygen atoms in total. The summed E-state index contributed by atoms with van der Waals surface area (Å²) in [6.07, 6.45) is 5.36. The minimum Gasteiger partial charge on any atom is -0.311 e. The van der Waals surface area contributed by atoms with Crippen LogP contribution in [0.2, 0.25) is 0 Å². The predicted octanol–water partition coefficient (Wildman–Crippen LogP) is 2.72. The van der Waals surface area contributed by atoms with E-state index >= 15 is 0 Å². The van der Waals surface area contributed by atoms with Gasteiger partial charge in [-0.1, -0.05) is 31.2 Å². The molecule has 1 atom stereocenters. The van der Waals surface area contributed by atoms with Gasteiger partial charge < -0.3 is 5.32 Å². The second kappa shape index (κ2) is 5.49. The van der Waals surface area contributed by atoms with Crippen molar-refractivity contribution in [3.8, 4) is 0 Å². The number of carbonyl (C=O) groups excluding carboxylic acids is 1. The standard InChI is InChI=1S/C16H19N3O/c1-2-11-10-17-19-15(11)18-16(20)14-8-7-12-5-3-4-6-13(12)9-14/h3-6,10,14H,2,7-9H2,1H3,(H2,17,18,19,20). The van der Waals surface area contributed by atoms with Crippen molar-refractivity contribution in [3.05, 3.63) is 47.2 Å². The van der Waals surface area contributed by atoms with Crippen LogP contribution in [0.1, 0.15) is 30.0 Å². The lowest BCUT2D eigenvalue weighted by atomic mass is 9.83. The molecule has 0 saturated heterocycles. The molecule has 0 fully saturated rings. The zero-order valence-electron chi connectivity index (χ0n) is 11.6. The molecular weight excluding hydrogens is 250 g/mol. The van der Waals surface area contributed by atoms with Gasteiger partial charge >= 0.3 is 0 Å². The minimum absolute atomic E-state index is 0.0536. The number of benzene rings is 1. The lowest BCUT2D eigenvalue weighted by Gasteiger charge is -2.23. The van der Waals surface area contributed by atoms with Gasteiger partial charge in [-0.15, -0.1) is 0 Å². The number of carbonyl (C=O) groups is 1. The summed E-state index contributed by atoms with van der Waals surface area (Å²) in [7, 11) is 0. The number of nitrogens with one attached hydrogen (secondary N) is 2. The zero-order valence-corrected chi connectivity index (χ0v) is 11.6. The van der Waals surface area contributed by atoms with Crippen LogP contribution in [0.15, 0.2) is 30.5 Å². The second-order valence-corrected chi connectivity index (χ2v) is 5.32. The first kappa shape index (κ1) is 12.9. The number of H-pyrrole nitrogens is 1. The number of aryl methyl sites for hydroxylation is 2. The van der Waals surface area contributed by atoms with Crippen LogP contribution in [-0.4, -0.2) is 16.1 Å². The summed E-state index contributed by atoms with van der Waals surface area (Å²) < 4.78 is 0. The van der Waals surface area contributed by atoms with Crippen LogP contribution in [0.25, 0.3) is 0 Å². The van der Waals surface area contributed by atoms with E-state index in [0.717, 1.165) is 37.1 Å². The van der Waals surface area contributed by atoms with Crippen LogP contribution >= 0.6 is 0 Å². The van der Waals surface area contributed by atoms with Crippen molar-refractivity contribution in [1.82, 2.24) is 10.2 Å². The highest BCUT2D eigenvalue weighted by Gasteiger charge is 2.25. The first-order valence-electron chi connectivity index (χ1n) is 7.17. The van der Waals surface area contributed by atoms with E-state index in [-0.39, 0.29) is 11.8 Å². The van der Waals surface area contributed by atoms with Crippen LogP contribution in [0.5, 0.6) is 0 Å². The van der Waals surface area contributed by atoms with E-state index in [9.17, 15) is 4.79 Å². The quantitative estimate of drug-likeness (QED) is 0.900. The first-order valence-corrected chi connectivity index (χ1v) is 7.17. The molecule has 0 saturated carbocycles. The average Bonchev–Trinajstić information content (AvgIpc) is 2.94. The molecule has 0 radical (unpaired) electrons. The average molecular weight is 269 g/mol. The largest absolute Gasteiger partial charge is 0.311 e. The normalized spacial score (nSPS) is 17.6. The SMILES string of the molecule is CCc1cn[nH]c1NC(=O)C1CCc2ccccc2C1. The number of hydrogen-bond donors (Lipinski definition) is 2. The number of hydrogen-bond acceptors (Lipinski definition) is 2. The van der Waals surface area contributed by atoms with Crippen molar-refractivity contribution in [2.75, 3.05) is 5.32 Å². The molecule has 104 valence electrons. The monoisotopic (exact) mass is 269 g/mol. The number of anilines is 1. The molecule has 1 aromatic heterocycles. The Morgan fingerprint density at radius 2 is 2.20 bits per heavy atom. The van der Waals surface area contributed by atoms with Crippen molar-refractivity contribution < 1.29 is 4.79 Å². The molecule has 1 heterocycles. The summed E-state index contributed by atoms with van der Waals surface area (Å²) in [5, 5.41) is 9.84. The second-order valence-electron chi connectivity index (χ2n) is 5.32. The first-order chi connectivity index (χ1) is 9.78. The highest BCUT2D eigenvalue weighted by molar-refractivity contribution is 5.92. The van der Waals surface area contributed by atoms with Gasteiger partial charge in [-0.05, 0) is 36.8 Å². The van der Waals surface area contributed by atoms with Gasteiger partial charge in [-0.25, -0.2) is 0 Å². The molecule has 1 aromatic carbocycles. The molecule has 1 unspecified atom stereocenters. The van der Waals surface area contributed by atoms with E-state index in [2.05, 4.69) is 40.6 Å². The summed E-state index contributed by atoms with van der Waals surface area (Å²) in [5.41, 5.74) is 3.74. The molecule has 20 heavy (non-hydrogen) atoms. The minimum atomic E-state index is 0.0536. The van der Waals surface area contributed by atoms with Gasteiger partial charge in [0.15, 0.2) is 0 Å². The van der Waals surface area contributed by atoms with Crippen LogP contribution in [-0.2, 0) is 24.1 Å². The molecule has 3 rings (SSSR count). The topological polar surface area (TPSA) is 57.8 Å². The predicted molar refractivity (Wildman–Crippen MR) is 78.6 cm³/mol. The third-order valence-electron chi connectivity index (χ3n) is 4.06. The maximum absolute atomic E-state index is 12.4. The fraction of sp³-hybridized carbons (Fsp3) is 0.375. The van der Waals surface area contributed by atoms with E-state index in [1.54, 1.807) is 6.20 Å². The van der Waals surface area contributed by atoms with Crippen molar-refractivity contribution >= 4 is 11.7 Å². The number of nitrogens with zero attached hydrogens (tertiary/aromatic N) is 1. The molecule has 1 aliphatic rings. The van der Waals surface area contributed by atoms with Crippen LogP contribution in [0.3, 0.4) is 0 Å². The Morgan fingerprint density at radius 1 is 1.40 bits per heavy atom. The Labute approximate surface area is 118 Å². The Balaban J connectivity index is 1.70. The van der Waals surface area contributed by atoms with Crippen LogP contribution in [0, 0.1) is 5.92 Å². The third-order valence-corrected chi connectivity index (χ3v) is 4.06. The number of fused-ring (bicyclic) bond motifs is 1. The lowest BCUT2D eigenvalue weighted by molar-refractivity contribution is -0.120. The number of amides is 1. The Morgan fingerprint density at radius 3 is 3.00 bits per heavy atom. The summed E-state index contributed by atoms with van der Waals surface area (Å²) in [4.78, 5) is 12.4. The van der Waals surface area contributed by atoms with Gasteiger partial charge in [0.2, 0.25) is 5.91 Å². The number of aromatic amines is 1. The smallest absolute Gasteiger partial charge is 0.228 e. The van der Waals surface area contributed by atoms with Gasteiger partial charge in [-0.2, -0.15) is 5.10 Å². The maximum Gasteiger partial charge on any atom is 0.228 e. The van der Waals surface area contributed by atoms with Gasteiger partial charge in [0.05, 0.1) is 6.20 Å². The van der Waals surface area contributed by atoms with E-state index < -0.39 is 0 Å². The molecular formula is C16H19N3O. The van der Waals surface area contributed by atoms with Gasteiger partial charge in [0, 0.05) is 11.5 Å². The van der Waals surface area contributed by atoms with Gasteiger partial charge in [0.25, 0.3) is 0 Å². The molecule has 0 bridgehead atoms. The summed E-state index contributed by atoms with van der Waals surface area (Å²) >= 11 is 0. The van der Waals surface area contributed by atoms with Crippen molar-refractivity contribution in [2.45, 2.75) is 32.6 Å². The molecule has 0 spiro atoms. The fourth-order valence-corrected chi connectivity index (χ4v) is 2.83. The van der Waals surface area contributed by atoms with E-state index in [1.807, 2.05) is 6.07 Å². The van der Waals surface area contributed by atoms with E-state index in [0.29, 0.717) is 0 Å². The summed E-state index contributed by atoms with van der Waals surface area (Å²) in [5.74, 6) is 0.896. The zero-order chi connectivity index (χ0) is 13.9.